The van der Waals surface area contributed by atoms with E-state index in [1.54, 1.807) is 12.1 Å². The summed E-state index contributed by atoms with van der Waals surface area (Å²) in [5.74, 6) is 0. The Morgan fingerprint density at radius 1 is 1.58 bits per heavy atom. The molecule has 0 bridgehead atoms. The van der Waals surface area contributed by atoms with Crippen molar-refractivity contribution in [1.29, 1.82) is 5.26 Å². The molecule has 0 aliphatic heterocycles. The molecule has 0 radical (unpaired) electrons. The van der Waals surface area contributed by atoms with Gasteiger partial charge in [-0.25, -0.2) is 0 Å². The number of halogens is 1. The van der Waals surface area contributed by atoms with E-state index in [9.17, 15) is 4.79 Å². The molecule has 1 rings (SSSR count). The highest BCUT2D eigenvalue weighted by Crippen LogP contribution is 2.11. The van der Waals surface area contributed by atoms with E-state index >= 15 is 0 Å². The third-order valence-electron chi connectivity index (χ3n) is 1.52. The van der Waals surface area contributed by atoms with Gasteiger partial charge in [0.15, 0.2) is 6.29 Å². The first kappa shape index (κ1) is 8.95. The zero-order chi connectivity index (χ0) is 8.97. The molecule has 0 saturated heterocycles. The molecule has 0 heterocycles. The Balaban J connectivity index is 3.22. The van der Waals surface area contributed by atoms with Gasteiger partial charge in [-0.15, -0.1) is 0 Å². The standard InChI is InChI=1S/C9H6BrNO/c10-4-7-1-2-8(6-12)9(3-7)5-11/h1-3,6H,4H2. The van der Waals surface area contributed by atoms with Crippen LogP contribution in [0.5, 0.6) is 0 Å². The van der Waals surface area contributed by atoms with Crippen LogP contribution in [0.25, 0.3) is 0 Å². The Morgan fingerprint density at radius 3 is 2.83 bits per heavy atom. The van der Waals surface area contributed by atoms with Crippen LogP contribution in [-0.2, 0) is 5.33 Å². The molecule has 12 heavy (non-hydrogen) atoms. The van der Waals surface area contributed by atoms with E-state index in [0.29, 0.717) is 22.7 Å². The van der Waals surface area contributed by atoms with Gasteiger partial charge >= 0.3 is 0 Å². The fourth-order valence-corrected chi connectivity index (χ4v) is 1.23. The van der Waals surface area contributed by atoms with Gasteiger partial charge in [0, 0.05) is 10.9 Å². The molecular weight excluding hydrogens is 218 g/mol. The number of benzene rings is 1. The molecule has 0 amide bonds. The predicted molar refractivity (Wildman–Crippen MR) is 49.2 cm³/mol. The summed E-state index contributed by atoms with van der Waals surface area (Å²) >= 11 is 3.27. The van der Waals surface area contributed by atoms with Crippen molar-refractivity contribution in [2.45, 2.75) is 5.33 Å². The van der Waals surface area contributed by atoms with Crippen molar-refractivity contribution in [3.63, 3.8) is 0 Å². The predicted octanol–water partition coefficient (Wildman–Crippen LogP) is 2.27. The quantitative estimate of drug-likeness (QED) is 0.571. The molecule has 0 spiro atoms. The second-order valence-electron chi connectivity index (χ2n) is 2.28. The Kier molecular flexibility index (Phi) is 3.01. The Bertz CT molecular complexity index is 341. The highest BCUT2D eigenvalue weighted by atomic mass is 79.9. The van der Waals surface area contributed by atoms with E-state index in [-0.39, 0.29) is 0 Å². The summed E-state index contributed by atoms with van der Waals surface area (Å²) < 4.78 is 0. The zero-order valence-electron chi connectivity index (χ0n) is 6.25. The second kappa shape index (κ2) is 4.03. The van der Waals surface area contributed by atoms with Crippen LogP contribution in [0.4, 0.5) is 0 Å². The molecule has 1 aromatic carbocycles. The zero-order valence-corrected chi connectivity index (χ0v) is 7.84. The van der Waals surface area contributed by atoms with Gasteiger partial charge in [-0.2, -0.15) is 5.26 Å². The minimum absolute atomic E-state index is 0.432. The molecule has 2 nitrogen and oxygen atoms in total. The van der Waals surface area contributed by atoms with E-state index in [0.717, 1.165) is 5.56 Å². The lowest BCUT2D eigenvalue weighted by Crippen LogP contribution is -1.88. The highest BCUT2D eigenvalue weighted by molar-refractivity contribution is 9.08. The first-order chi connectivity index (χ1) is 5.81. The molecule has 0 unspecified atom stereocenters. The molecule has 1 aromatic rings. The SMILES string of the molecule is N#Cc1cc(CBr)ccc1C=O. The number of rotatable bonds is 2. The summed E-state index contributed by atoms with van der Waals surface area (Å²) in [6.07, 6.45) is 0.691. The maximum atomic E-state index is 10.4. The average molecular weight is 224 g/mol. The van der Waals surface area contributed by atoms with Crippen LogP contribution in [-0.4, -0.2) is 6.29 Å². The Labute approximate surface area is 78.9 Å². The smallest absolute Gasteiger partial charge is 0.151 e. The Hall–Kier alpha value is -1.14. The molecule has 0 N–H and O–H groups in total. The lowest BCUT2D eigenvalue weighted by Gasteiger charge is -1.97. The van der Waals surface area contributed by atoms with Crippen LogP contribution in [0.1, 0.15) is 21.5 Å². The maximum absolute atomic E-state index is 10.4. The molecule has 0 aliphatic rings. The second-order valence-corrected chi connectivity index (χ2v) is 2.85. The molecule has 3 heteroatoms. The van der Waals surface area contributed by atoms with Crippen LogP contribution in [0.15, 0.2) is 18.2 Å². The summed E-state index contributed by atoms with van der Waals surface area (Å²) in [7, 11) is 0. The van der Waals surface area contributed by atoms with E-state index in [1.807, 2.05) is 12.1 Å². The fourth-order valence-electron chi connectivity index (χ4n) is 0.886. The van der Waals surface area contributed by atoms with Crippen molar-refractivity contribution in [2.24, 2.45) is 0 Å². The topological polar surface area (TPSA) is 40.9 Å². The summed E-state index contributed by atoms with van der Waals surface area (Å²) in [6.45, 7) is 0. The monoisotopic (exact) mass is 223 g/mol. The van der Waals surface area contributed by atoms with Crippen LogP contribution < -0.4 is 0 Å². The summed E-state index contributed by atoms with van der Waals surface area (Å²) in [4.78, 5) is 10.4. The van der Waals surface area contributed by atoms with Gasteiger partial charge in [0.05, 0.1) is 11.6 Å². The minimum Gasteiger partial charge on any atom is -0.298 e. The largest absolute Gasteiger partial charge is 0.298 e. The van der Waals surface area contributed by atoms with Crippen molar-refractivity contribution >= 4 is 22.2 Å². The fraction of sp³-hybridized carbons (Fsp3) is 0.111. The van der Waals surface area contributed by atoms with Crippen LogP contribution >= 0.6 is 15.9 Å². The number of aldehydes is 1. The third kappa shape index (κ3) is 1.72. The van der Waals surface area contributed by atoms with Gasteiger partial charge in [-0.1, -0.05) is 28.1 Å². The van der Waals surface area contributed by atoms with Crippen LogP contribution in [0.3, 0.4) is 0 Å². The molecule has 0 aromatic heterocycles. The van der Waals surface area contributed by atoms with Crippen molar-refractivity contribution in [2.75, 3.05) is 0 Å². The first-order valence-electron chi connectivity index (χ1n) is 3.36. The van der Waals surface area contributed by atoms with Crippen molar-refractivity contribution in [1.82, 2.24) is 0 Å². The number of nitriles is 1. The number of alkyl halides is 1. The third-order valence-corrected chi connectivity index (χ3v) is 2.17. The van der Waals surface area contributed by atoms with Gasteiger partial charge < -0.3 is 0 Å². The molecule has 0 saturated carbocycles. The van der Waals surface area contributed by atoms with Crippen LogP contribution in [0.2, 0.25) is 0 Å². The number of nitrogens with zero attached hydrogens (tertiary/aromatic N) is 1. The summed E-state index contributed by atoms with van der Waals surface area (Å²) in [6, 6.07) is 7.15. The summed E-state index contributed by atoms with van der Waals surface area (Å²) in [5.41, 5.74) is 1.88. The number of hydrogen-bond acceptors (Lipinski definition) is 2. The molecular formula is C9H6BrNO. The lowest BCUT2D eigenvalue weighted by molar-refractivity contribution is 0.112. The summed E-state index contributed by atoms with van der Waals surface area (Å²) in [5, 5.41) is 9.34. The maximum Gasteiger partial charge on any atom is 0.151 e. The van der Waals surface area contributed by atoms with Crippen molar-refractivity contribution in [3.05, 3.63) is 34.9 Å². The van der Waals surface area contributed by atoms with Gasteiger partial charge in [-0.05, 0) is 11.6 Å². The highest BCUT2D eigenvalue weighted by Gasteiger charge is 2.00. The molecule has 0 atom stereocenters. The normalized spacial score (nSPS) is 9.00. The lowest BCUT2D eigenvalue weighted by atomic mass is 10.1. The molecule has 0 fully saturated rings. The minimum atomic E-state index is 0.432. The van der Waals surface area contributed by atoms with Crippen molar-refractivity contribution < 1.29 is 4.79 Å². The van der Waals surface area contributed by atoms with Gasteiger partial charge in [0.25, 0.3) is 0 Å². The average Bonchev–Trinajstić information content (AvgIpc) is 2.16. The van der Waals surface area contributed by atoms with Gasteiger partial charge in [-0.3, -0.25) is 4.79 Å². The van der Waals surface area contributed by atoms with E-state index < -0.39 is 0 Å². The molecule has 0 aliphatic carbocycles. The van der Waals surface area contributed by atoms with Crippen LogP contribution in [0, 0.1) is 11.3 Å². The van der Waals surface area contributed by atoms with E-state index in [2.05, 4.69) is 15.9 Å². The van der Waals surface area contributed by atoms with E-state index in [1.165, 1.54) is 0 Å². The van der Waals surface area contributed by atoms with Gasteiger partial charge in [0.2, 0.25) is 0 Å². The molecule has 60 valence electrons. The Morgan fingerprint density at radius 2 is 2.33 bits per heavy atom. The number of carbonyl (C=O) groups is 1. The van der Waals surface area contributed by atoms with E-state index in [4.69, 9.17) is 5.26 Å². The van der Waals surface area contributed by atoms with Gasteiger partial charge in [0.1, 0.15) is 0 Å². The first-order valence-corrected chi connectivity index (χ1v) is 4.48. The van der Waals surface area contributed by atoms with Crippen molar-refractivity contribution in [3.8, 4) is 6.07 Å². The number of carbonyl (C=O) groups excluding carboxylic acids is 1. The number of hydrogen-bond donors (Lipinski definition) is 0.